The molecule has 5 aromatic carbocycles. The Balaban J connectivity index is 1.26. The van der Waals surface area contributed by atoms with Gasteiger partial charge in [-0.15, -0.1) is 11.3 Å². The van der Waals surface area contributed by atoms with Gasteiger partial charge in [-0.2, -0.15) is 0 Å². The zero-order valence-electron chi connectivity index (χ0n) is 19.3. The molecule has 8 rings (SSSR count). The average molecular weight is 477 g/mol. The number of benzene rings is 5. The van der Waals surface area contributed by atoms with Crippen LogP contribution in [0.15, 0.2) is 121 Å². The highest BCUT2D eigenvalue weighted by Gasteiger charge is 2.13. The summed E-state index contributed by atoms with van der Waals surface area (Å²) >= 11 is 1.81. The molecule has 3 aromatic heterocycles. The molecule has 2 nitrogen and oxygen atoms in total. The van der Waals surface area contributed by atoms with Crippen molar-refractivity contribution in [1.29, 1.82) is 0 Å². The van der Waals surface area contributed by atoms with Crippen LogP contribution >= 0.6 is 11.3 Å². The minimum Gasteiger partial charge on any atom is -0.309 e. The molecule has 0 unspecified atom stereocenters. The molecule has 0 atom stereocenters. The molecule has 0 aliphatic heterocycles. The molecule has 0 saturated carbocycles. The van der Waals surface area contributed by atoms with E-state index in [-0.39, 0.29) is 0 Å². The van der Waals surface area contributed by atoms with Crippen LogP contribution in [0, 0.1) is 0 Å². The van der Waals surface area contributed by atoms with Gasteiger partial charge in [0.1, 0.15) is 0 Å². The van der Waals surface area contributed by atoms with Crippen molar-refractivity contribution in [3.63, 3.8) is 0 Å². The molecule has 0 fully saturated rings. The van der Waals surface area contributed by atoms with Gasteiger partial charge in [0.2, 0.25) is 0 Å². The maximum Gasteiger partial charge on any atom is 0.0715 e. The summed E-state index contributed by atoms with van der Waals surface area (Å²) in [5.74, 6) is 0. The van der Waals surface area contributed by atoms with Crippen LogP contribution in [-0.2, 0) is 0 Å². The van der Waals surface area contributed by atoms with E-state index in [1.807, 2.05) is 17.5 Å². The molecule has 3 heterocycles. The lowest BCUT2D eigenvalue weighted by atomic mass is 10.0. The van der Waals surface area contributed by atoms with Crippen LogP contribution < -0.4 is 0 Å². The standard InChI is InChI=1S/C33H20N2S/c1-4-10-29-24(7-1)25-8-2-5-11-30(25)35(29)23-16-13-21(14-17-23)22-15-18-26-28(19-22)34-20-32-33(26)27-9-3-6-12-31(27)36-32/h1-20H. The van der Waals surface area contributed by atoms with E-state index in [0.717, 1.165) is 5.52 Å². The van der Waals surface area contributed by atoms with E-state index < -0.39 is 0 Å². The smallest absolute Gasteiger partial charge is 0.0715 e. The van der Waals surface area contributed by atoms with Crippen molar-refractivity contribution in [2.75, 3.05) is 0 Å². The second-order valence-electron chi connectivity index (χ2n) is 9.24. The molecule has 0 aliphatic carbocycles. The number of pyridine rings is 1. The molecule has 0 bridgehead atoms. The second-order valence-corrected chi connectivity index (χ2v) is 10.3. The Morgan fingerprint density at radius 1 is 0.528 bits per heavy atom. The van der Waals surface area contributed by atoms with Crippen molar-refractivity contribution < 1.29 is 0 Å². The first-order valence-electron chi connectivity index (χ1n) is 12.1. The van der Waals surface area contributed by atoms with Gasteiger partial charge in [-0.3, -0.25) is 4.98 Å². The van der Waals surface area contributed by atoms with E-state index in [2.05, 4.69) is 120 Å². The largest absolute Gasteiger partial charge is 0.309 e. The quantitative estimate of drug-likeness (QED) is 0.243. The number of thiophene rings is 1. The second kappa shape index (κ2) is 7.51. The Bertz CT molecular complexity index is 2040. The van der Waals surface area contributed by atoms with Gasteiger partial charge in [0.25, 0.3) is 0 Å². The van der Waals surface area contributed by atoms with Crippen LogP contribution in [0.1, 0.15) is 0 Å². The normalized spacial score (nSPS) is 11.9. The molecule has 0 amide bonds. The highest BCUT2D eigenvalue weighted by Crippen LogP contribution is 2.38. The molecular weight excluding hydrogens is 456 g/mol. The Kier molecular flexibility index (Phi) is 4.13. The number of rotatable bonds is 2. The summed E-state index contributed by atoms with van der Waals surface area (Å²) < 4.78 is 4.91. The third-order valence-corrected chi connectivity index (χ3v) is 8.35. The summed E-state index contributed by atoms with van der Waals surface area (Å²) in [6, 6.07) is 41.5. The van der Waals surface area contributed by atoms with Crippen molar-refractivity contribution in [3.05, 3.63) is 121 Å². The summed E-state index contributed by atoms with van der Waals surface area (Å²) in [5.41, 5.74) is 7.04. The van der Waals surface area contributed by atoms with Gasteiger partial charge in [-0.25, -0.2) is 0 Å². The number of aromatic nitrogens is 2. The third kappa shape index (κ3) is 2.81. The monoisotopic (exact) mass is 476 g/mol. The predicted molar refractivity (Wildman–Crippen MR) is 154 cm³/mol. The lowest BCUT2D eigenvalue weighted by Gasteiger charge is -2.10. The summed E-state index contributed by atoms with van der Waals surface area (Å²) in [7, 11) is 0. The molecule has 0 N–H and O–H groups in total. The maximum absolute atomic E-state index is 4.82. The summed E-state index contributed by atoms with van der Waals surface area (Å²) in [6.45, 7) is 0. The van der Waals surface area contributed by atoms with Gasteiger partial charge in [-0.1, -0.05) is 78.9 Å². The average Bonchev–Trinajstić information content (AvgIpc) is 3.49. The van der Waals surface area contributed by atoms with E-state index in [1.165, 1.54) is 64.2 Å². The Morgan fingerprint density at radius 2 is 1.17 bits per heavy atom. The Labute approximate surface area is 211 Å². The topological polar surface area (TPSA) is 17.8 Å². The third-order valence-electron chi connectivity index (χ3n) is 7.25. The van der Waals surface area contributed by atoms with Crippen molar-refractivity contribution in [1.82, 2.24) is 9.55 Å². The fourth-order valence-electron chi connectivity index (χ4n) is 5.59. The molecule has 168 valence electrons. The molecule has 36 heavy (non-hydrogen) atoms. The first-order chi connectivity index (χ1) is 17.8. The van der Waals surface area contributed by atoms with E-state index >= 15 is 0 Å². The first-order valence-corrected chi connectivity index (χ1v) is 13.0. The zero-order chi connectivity index (χ0) is 23.6. The van der Waals surface area contributed by atoms with Gasteiger partial charge >= 0.3 is 0 Å². The summed E-state index contributed by atoms with van der Waals surface area (Å²) in [5, 5.41) is 6.41. The molecule has 3 heteroatoms. The number of para-hydroxylation sites is 2. The van der Waals surface area contributed by atoms with Crippen LogP contribution in [0.4, 0.5) is 0 Å². The fraction of sp³-hybridized carbons (Fsp3) is 0. The van der Waals surface area contributed by atoms with E-state index in [1.54, 1.807) is 0 Å². The van der Waals surface area contributed by atoms with Gasteiger partial charge in [-0.05, 0) is 47.5 Å². The fourth-order valence-corrected chi connectivity index (χ4v) is 6.69. The van der Waals surface area contributed by atoms with Gasteiger partial charge in [0.15, 0.2) is 0 Å². The number of nitrogens with zero attached hydrogens (tertiary/aromatic N) is 2. The van der Waals surface area contributed by atoms with Crippen molar-refractivity contribution in [2.45, 2.75) is 0 Å². The van der Waals surface area contributed by atoms with Crippen LogP contribution in [0.25, 0.3) is 69.7 Å². The summed E-state index contributed by atoms with van der Waals surface area (Å²) in [6.07, 6.45) is 2.03. The molecule has 0 saturated heterocycles. The number of hydrogen-bond acceptors (Lipinski definition) is 2. The number of hydrogen-bond donors (Lipinski definition) is 0. The Morgan fingerprint density at radius 3 is 1.92 bits per heavy atom. The lowest BCUT2D eigenvalue weighted by Crippen LogP contribution is -1.93. The van der Waals surface area contributed by atoms with Crippen LogP contribution in [0.3, 0.4) is 0 Å². The highest BCUT2D eigenvalue weighted by molar-refractivity contribution is 7.26. The minimum atomic E-state index is 1.04. The van der Waals surface area contributed by atoms with Gasteiger partial charge in [0.05, 0.1) is 21.3 Å². The predicted octanol–water partition coefficient (Wildman–Crippen LogP) is 9.37. The van der Waals surface area contributed by atoms with E-state index in [0.29, 0.717) is 0 Å². The number of fused-ring (bicyclic) bond motifs is 8. The van der Waals surface area contributed by atoms with Crippen LogP contribution in [0.5, 0.6) is 0 Å². The summed E-state index contributed by atoms with van der Waals surface area (Å²) in [4.78, 5) is 4.82. The van der Waals surface area contributed by atoms with Crippen molar-refractivity contribution >= 4 is 64.2 Å². The molecule has 0 radical (unpaired) electrons. The van der Waals surface area contributed by atoms with Crippen molar-refractivity contribution in [2.24, 2.45) is 0 Å². The zero-order valence-corrected chi connectivity index (χ0v) is 20.2. The lowest BCUT2D eigenvalue weighted by molar-refractivity contribution is 1.18. The minimum absolute atomic E-state index is 1.04. The molecule has 0 aliphatic rings. The Hall–Kier alpha value is -4.47. The van der Waals surface area contributed by atoms with Gasteiger partial charge < -0.3 is 4.57 Å². The highest BCUT2D eigenvalue weighted by atomic mass is 32.1. The van der Waals surface area contributed by atoms with Gasteiger partial charge in [0, 0.05) is 43.5 Å². The van der Waals surface area contributed by atoms with E-state index in [4.69, 9.17) is 4.98 Å². The maximum atomic E-state index is 4.82. The van der Waals surface area contributed by atoms with E-state index in [9.17, 15) is 0 Å². The molecular formula is C33H20N2S. The molecule has 0 spiro atoms. The SMILES string of the molecule is c1ccc2c(c1)sc1cnc3cc(-c4ccc(-n5c6ccccc6c6ccccc65)cc4)ccc3c12. The van der Waals surface area contributed by atoms with Crippen LogP contribution in [-0.4, -0.2) is 9.55 Å². The molecule has 8 aromatic rings. The van der Waals surface area contributed by atoms with Crippen LogP contribution in [0.2, 0.25) is 0 Å². The van der Waals surface area contributed by atoms with Crippen molar-refractivity contribution in [3.8, 4) is 16.8 Å². The first kappa shape index (κ1) is 19.8.